The number of pyridine rings is 1. The van der Waals surface area contributed by atoms with Crippen molar-refractivity contribution in [1.82, 2.24) is 4.98 Å². The van der Waals surface area contributed by atoms with Gasteiger partial charge in [0.2, 0.25) is 5.88 Å². The molecule has 0 unspecified atom stereocenters. The number of ether oxygens (including phenoxy) is 3. The largest absolute Gasteiger partial charge is 0.493 e. The molecule has 1 aliphatic rings. The van der Waals surface area contributed by atoms with Crippen molar-refractivity contribution in [2.75, 3.05) is 31.5 Å². The summed E-state index contributed by atoms with van der Waals surface area (Å²) in [5, 5.41) is 14.8. The Bertz CT molecular complexity index is 1170. The van der Waals surface area contributed by atoms with Crippen molar-refractivity contribution in [2.45, 2.75) is 12.8 Å². The summed E-state index contributed by atoms with van der Waals surface area (Å²) in [6, 6.07) is 15.7. The number of amides is 2. The minimum Gasteiger partial charge on any atom is -0.493 e. The highest BCUT2D eigenvalue weighted by atomic mass is 16.5. The number of carbonyl (C=O) groups excluding carboxylic acids is 1. The molecule has 176 valence electrons. The standard InChI is InChI=1S/C25H25N3O6/c1-32-20-5-3-4-19(22(20)33-2)28-24(31)27-18-9-6-16(7-10-18)17-8-11-21(26-14-17)34-15-25(12-13-25)23(29)30/h3-11,14H,12-13,15H2,1-2H3,(H,29,30)(H2,27,28,31). The molecule has 2 amide bonds. The Morgan fingerprint density at radius 2 is 1.71 bits per heavy atom. The van der Waals surface area contributed by atoms with Crippen LogP contribution in [0.4, 0.5) is 16.2 Å². The van der Waals surface area contributed by atoms with E-state index in [1.165, 1.54) is 14.2 Å². The summed E-state index contributed by atoms with van der Waals surface area (Å²) in [4.78, 5) is 28.0. The molecule has 0 saturated heterocycles. The van der Waals surface area contributed by atoms with E-state index in [2.05, 4.69) is 15.6 Å². The van der Waals surface area contributed by atoms with E-state index in [1.807, 2.05) is 18.2 Å². The van der Waals surface area contributed by atoms with Gasteiger partial charge in [-0.15, -0.1) is 0 Å². The molecule has 3 N–H and O–H groups in total. The number of urea groups is 1. The summed E-state index contributed by atoms with van der Waals surface area (Å²) >= 11 is 0. The summed E-state index contributed by atoms with van der Waals surface area (Å²) in [6.45, 7) is 0.124. The SMILES string of the molecule is COc1cccc(NC(=O)Nc2ccc(-c3ccc(OCC4(C(=O)O)CC4)nc3)cc2)c1OC. The molecule has 0 aliphatic heterocycles. The van der Waals surface area contributed by atoms with Crippen molar-refractivity contribution in [1.29, 1.82) is 0 Å². The summed E-state index contributed by atoms with van der Waals surface area (Å²) < 4.78 is 16.1. The molecule has 9 nitrogen and oxygen atoms in total. The second-order valence-electron chi connectivity index (χ2n) is 7.96. The molecule has 4 rings (SSSR count). The summed E-state index contributed by atoms with van der Waals surface area (Å²) in [7, 11) is 3.04. The van der Waals surface area contributed by atoms with E-state index in [0.29, 0.717) is 41.6 Å². The Morgan fingerprint density at radius 1 is 0.971 bits per heavy atom. The maximum Gasteiger partial charge on any atom is 0.323 e. The molecule has 0 bridgehead atoms. The minimum absolute atomic E-state index is 0.124. The van der Waals surface area contributed by atoms with Gasteiger partial charge < -0.3 is 30.0 Å². The van der Waals surface area contributed by atoms with Crippen LogP contribution in [0.2, 0.25) is 0 Å². The van der Waals surface area contributed by atoms with E-state index in [0.717, 1.165) is 11.1 Å². The Morgan fingerprint density at radius 3 is 2.29 bits per heavy atom. The van der Waals surface area contributed by atoms with Crippen molar-refractivity contribution >= 4 is 23.4 Å². The van der Waals surface area contributed by atoms with Gasteiger partial charge in [0, 0.05) is 23.5 Å². The normalized spacial score (nSPS) is 13.5. The van der Waals surface area contributed by atoms with Crippen LogP contribution in [0.3, 0.4) is 0 Å². The lowest BCUT2D eigenvalue weighted by molar-refractivity contribution is -0.144. The van der Waals surface area contributed by atoms with Crippen LogP contribution in [0.5, 0.6) is 17.4 Å². The van der Waals surface area contributed by atoms with Crippen molar-refractivity contribution < 1.29 is 28.9 Å². The van der Waals surface area contributed by atoms with Crippen LogP contribution in [-0.2, 0) is 4.79 Å². The number of rotatable bonds is 9. The molecule has 1 aromatic heterocycles. The number of methoxy groups -OCH3 is 2. The smallest absolute Gasteiger partial charge is 0.323 e. The number of para-hydroxylation sites is 1. The second kappa shape index (κ2) is 9.70. The number of carboxylic acids is 1. The molecule has 0 atom stereocenters. The number of carbonyl (C=O) groups is 2. The number of aromatic nitrogens is 1. The zero-order valence-electron chi connectivity index (χ0n) is 18.8. The van der Waals surface area contributed by atoms with Gasteiger partial charge >= 0.3 is 12.0 Å². The fourth-order valence-electron chi connectivity index (χ4n) is 3.44. The zero-order chi connectivity index (χ0) is 24.1. The van der Waals surface area contributed by atoms with Gasteiger partial charge in [0.1, 0.15) is 12.0 Å². The number of hydrogen-bond donors (Lipinski definition) is 3. The van der Waals surface area contributed by atoms with Gasteiger partial charge in [0.05, 0.1) is 19.9 Å². The van der Waals surface area contributed by atoms with Crippen molar-refractivity contribution in [3.05, 3.63) is 60.8 Å². The Kier molecular flexibility index (Phi) is 6.53. The average Bonchev–Trinajstić information content (AvgIpc) is 3.65. The van der Waals surface area contributed by atoms with E-state index >= 15 is 0 Å². The zero-order valence-corrected chi connectivity index (χ0v) is 18.8. The van der Waals surface area contributed by atoms with Crippen LogP contribution in [-0.4, -0.2) is 42.9 Å². The van der Waals surface area contributed by atoms with E-state index in [4.69, 9.17) is 14.2 Å². The lowest BCUT2D eigenvalue weighted by Gasteiger charge is -2.14. The number of hydrogen-bond acceptors (Lipinski definition) is 6. The van der Waals surface area contributed by atoms with E-state index < -0.39 is 17.4 Å². The number of nitrogens with zero attached hydrogens (tertiary/aromatic N) is 1. The highest BCUT2D eigenvalue weighted by Gasteiger charge is 2.51. The van der Waals surface area contributed by atoms with Crippen molar-refractivity contribution in [3.63, 3.8) is 0 Å². The number of aliphatic carboxylic acids is 1. The first-order chi connectivity index (χ1) is 16.4. The third-order valence-electron chi connectivity index (χ3n) is 5.67. The minimum atomic E-state index is -0.825. The van der Waals surface area contributed by atoms with Gasteiger partial charge in [-0.3, -0.25) is 4.79 Å². The van der Waals surface area contributed by atoms with E-state index in [-0.39, 0.29) is 6.61 Å². The lowest BCUT2D eigenvalue weighted by Crippen LogP contribution is -2.23. The van der Waals surface area contributed by atoms with Gasteiger partial charge in [-0.1, -0.05) is 18.2 Å². The Balaban J connectivity index is 1.35. The topological polar surface area (TPSA) is 119 Å². The third-order valence-corrected chi connectivity index (χ3v) is 5.67. The molecular weight excluding hydrogens is 438 g/mol. The predicted octanol–water partition coefficient (Wildman–Crippen LogP) is 4.65. The van der Waals surface area contributed by atoms with Crippen LogP contribution >= 0.6 is 0 Å². The molecule has 0 spiro atoms. The van der Waals surface area contributed by atoms with Gasteiger partial charge in [-0.2, -0.15) is 0 Å². The molecule has 1 aliphatic carbocycles. The molecule has 1 fully saturated rings. The van der Waals surface area contributed by atoms with Gasteiger partial charge in [0.25, 0.3) is 0 Å². The van der Waals surface area contributed by atoms with Crippen LogP contribution in [0, 0.1) is 5.41 Å². The highest BCUT2D eigenvalue weighted by Crippen LogP contribution is 2.46. The number of carboxylic acid groups (broad SMARTS) is 1. The summed E-state index contributed by atoms with van der Waals surface area (Å²) in [5.74, 6) is 0.516. The average molecular weight is 463 g/mol. The molecule has 2 aromatic carbocycles. The van der Waals surface area contributed by atoms with Crippen molar-refractivity contribution in [3.8, 4) is 28.5 Å². The van der Waals surface area contributed by atoms with Crippen LogP contribution in [0.15, 0.2) is 60.8 Å². The molecule has 3 aromatic rings. The quantitative estimate of drug-likeness (QED) is 0.422. The maximum atomic E-state index is 12.4. The Labute approximate surface area is 196 Å². The summed E-state index contributed by atoms with van der Waals surface area (Å²) in [5.41, 5.74) is 2.11. The van der Waals surface area contributed by atoms with Gasteiger partial charge in [0.15, 0.2) is 11.5 Å². The third kappa shape index (κ3) is 5.03. The first-order valence-electron chi connectivity index (χ1n) is 10.7. The van der Waals surface area contributed by atoms with Gasteiger partial charge in [-0.25, -0.2) is 9.78 Å². The number of nitrogens with one attached hydrogen (secondary N) is 2. The van der Waals surface area contributed by atoms with Crippen molar-refractivity contribution in [2.24, 2.45) is 5.41 Å². The molecule has 9 heteroatoms. The Hall–Kier alpha value is -4.27. The van der Waals surface area contributed by atoms with Crippen LogP contribution in [0.1, 0.15) is 12.8 Å². The lowest BCUT2D eigenvalue weighted by atomic mass is 10.1. The van der Waals surface area contributed by atoms with Crippen LogP contribution < -0.4 is 24.8 Å². The molecule has 34 heavy (non-hydrogen) atoms. The fourth-order valence-corrected chi connectivity index (χ4v) is 3.44. The van der Waals surface area contributed by atoms with E-state index in [1.54, 1.807) is 42.6 Å². The number of anilines is 2. The van der Waals surface area contributed by atoms with Crippen LogP contribution in [0.25, 0.3) is 11.1 Å². The van der Waals surface area contributed by atoms with E-state index in [9.17, 15) is 14.7 Å². The second-order valence-corrected chi connectivity index (χ2v) is 7.96. The maximum absolute atomic E-state index is 12.4. The molecule has 1 heterocycles. The predicted molar refractivity (Wildman–Crippen MR) is 127 cm³/mol. The number of benzene rings is 2. The molecule has 1 saturated carbocycles. The highest BCUT2D eigenvalue weighted by molar-refractivity contribution is 6.01. The molecule has 0 radical (unpaired) electrons. The fraction of sp³-hybridized carbons (Fsp3) is 0.240. The summed E-state index contributed by atoms with van der Waals surface area (Å²) in [6.07, 6.45) is 2.93. The monoisotopic (exact) mass is 463 g/mol. The van der Waals surface area contributed by atoms with Gasteiger partial charge in [-0.05, 0) is 48.7 Å². The molecular formula is C25H25N3O6. The first kappa shape index (κ1) is 22.9. The first-order valence-corrected chi connectivity index (χ1v) is 10.7.